The first-order valence-corrected chi connectivity index (χ1v) is 23.1. The number of carbonyl (C=O) groups excluding carboxylic acids is 3. The van der Waals surface area contributed by atoms with Crippen LogP contribution < -0.4 is 16.4 Å². The van der Waals surface area contributed by atoms with Gasteiger partial charge in [-0.15, -0.1) is 11.8 Å². The van der Waals surface area contributed by atoms with E-state index >= 15 is 0 Å². The van der Waals surface area contributed by atoms with Gasteiger partial charge in [0.25, 0.3) is 11.8 Å². The molecule has 1 saturated heterocycles. The van der Waals surface area contributed by atoms with Gasteiger partial charge in [-0.3, -0.25) is 19.5 Å². The molecule has 0 unspecified atom stereocenters. The van der Waals surface area contributed by atoms with Crippen LogP contribution in [0.5, 0.6) is 0 Å². The molecule has 0 saturated carbocycles. The maximum Gasteiger partial charge on any atom is 0.407 e. The van der Waals surface area contributed by atoms with Gasteiger partial charge in [0.1, 0.15) is 22.7 Å². The number of hydrogen-bond donors (Lipinski definition) is 4. The van der Waals surface area contributed by atoms with E-state index in [1.54, 1.807) is 44.8 Å². The number of nitrogens with two attached hydrogens (primary N) is 1. The summed E-state index contributed by atoms with van der Waals surface area (Å²) in [6.45, 7) is 5.78. The van der Waals surface area contributed by atoms with Gasteiger partial charge in [-0.2, -0.15) is 21.1 Å². The number of fused-ring (bicyclic) bond motifs is 1. The first kappa shape index (κ1) is 44.2. The molecule has 19 heteroatoms. The number of thioether (sulfide) groups is 3. The number of ether oxygens (including phenoxy) is 1. The van der Waals surface area contributed by atoms with E-state index in [4.69, 9.17) is 15.3 Å². The molecule has 4 heterocycles. The van der Waals surface area contributed by atoms with Gasteiger partial charge < -0.3 is 31.0 Å². The number of pyridine rings is 1. The first-order valence-electron chi connectivity index (χ1n) is 19.3. The Balaban J connectivity index is 1.10. The van der Waals surface area contributed by atoms with Crippen molar-refractivity contribution in [1.82, 2.24) is 29.9 Å². The molecule has 15 nitrogen and oxygen atoms in total. The zero-order chi connectivity index (χ0) is 43.9. The van der Waals surface area contributed by atoms with Crippen LogP contribution in [0.25, 0.3) is 0 Å². The van der Waals surface area contributed by atoms with Crippen molar-refractivity contribution < 1.29 is 33.9 Å². The molecular weight excluding hydrogens is 869 g/mol. The minimum Gasteiger partial charge on any atom is -0.477 e. The van der Waals surface area contributed by atoms with E-state index in [2.05, 4.69) is 30.1 Å². The minimum absolute atomic E-state index is 0.0847. The molecule has 2 aliphatic rings. The Hall–Kier alpha value is -5.89. The summed E-state index contributed by atoms with van der Waals surface area (Å²) in [5.74, 6) is -1.47. The summed E-state index contributed by atoms with van der Waals surface area (Å²) in [5, 5.41) is 19.8. The number of benzene rings is 3. The third-order valence-electron chi connectivity index (χ3n) is 9.34. The predicted octanol–water partition coefficient (Wildman–Crippen LogP) is 6.47. The lowest BCUT2D eigenvalue weighted by atomic mass is 9.80. The quantitative estimate of drug-likeness (QED) is 0.0275. The average molecular weight is 911 g/mol. The highest BCUT2D eigenvalue weighted by Gasteiger charge is 2.55. The number of alkyl carbamates (subject to hydrolysis) is 1. The van der Waals surface area contributed by atoms with E-state index in [0.717, 1.165) is 38.8 Å². The summed E-state index contributed by atoms with van der Waals surface area (Å²) in [4.78, 5) is 70.8. The maximum atomic E-state index is 14.3. The summed E-state index contributed by atoms with van der Waals surface area (Å²) < 4.78 is 9.55. The van der Waals surface area contributed by atoms with Crippen molar-refractivity contribution in [1.29, 1.82) is 0 Å². The smallest absolute Gasteiger partial charge is 0.407 e. The molecular formula is C43H42N8O7S4. The van der Waals surface area contributed by atoms with Crippen LogP contribution in [0.3, 0.4) is 0 Å². The van der Waals surface area contributed by atoms with Gasteiger partial charge in [0.05, 0.1) is 5.69 Å². The van der Waals surface area contributed by atoms with Gasteiger partial charge in [0.2, 0.25) is 17.1 Å². The van der Waals surface area contributed by atoms with E-state index in [-0.39, 0.29) is 28.1 Å². The van der Waals surface area contributed by atoms with E-state index in [9.17, 15) is 24.3 Å². The lowest BCUT2D eigenvalue weighted by Gasteiger charge is -2.49. The summed E-state index contributed by atoms with van der Waals surface area (Å²) in [6.07, 6.45) is 1.17. The standard InChI is InChI=1S/C43H42N8O7S4/c1-42(2,3)57-41(56)46-22-23-59-24-29-30(20-13-21-45-29)61-31-25-60-38-33(37(53)51(38)34(31)39(54)55)47-36(52)32(35-48-40(44)62-50-35)49-58-43(26-14-7-4-8-15-26,27-16-9-5-10-17-27)28-18-11-6-12-19-28/h4-21,33,38H,22-25H2,1-3H3,(H,46,56)(H,47,52)(H,54,55)(H2,44,48,50)/b49-32-/t33-,38+/m1/s1. The molecule has 5 N–H and O–H groups in total. The molecule has 5 aromatic rings. The topological polar surface area (TPSA) is 211 Å². The fraction of sp³-hybridized carbons (Fsp3) is 0.256. The van der Waals surface area contributed by atoms with Crippen molar-refractivity contribution in [2.45, 2.75) is 54.0 Å². The Kier molecular flexibility index (Phi) is 13.8. The SMILES string of the molecule is CC(C)(C)OC(=O)NCCSCc1ncccc1SC1=C(C(=O)O)N2C(=O)[C@@H](NC(=O)/C(=N\OC(c3ccccc3)(c3ccccc3)c3ccccc3)c3nsc(N)n3)[C@@H]2SC1. The van der Waals surface area contributed by atoms with Gasteiger partial charge in [0.15, 0.2) is 5.13 Å². The van der Waals surface area contributed by atoms with Crippen molar-refractivity contribution >= 4 is 81.5 Å². The number of nitrogens with zero attached hydrogens (tertiary/aromatic N) is 5. The van der Waals surface area contributed by atoms with E-state index in [1.165, 1.54) is 28.4 Å². The molecule has 7 rings (SSSR count). The number of amides is 3. The van der Waals surface area contributed by atoms with Crippen LogP contribution in [0.2, 0.25) is 0 Å². The third kappa shape index (κ3) is 9.91. The lowest BCUT2D eigenvalue weighted by molar-refractivity contribution is -0.150. The van der Waals surface area contributed by atoms with Crippen molar-refractivity contribution in [3.05, 3.63) is 148 Å². The number of β-lactam (4-membered cyclic amide) rings is 1. The Labute approximate surface area is 374 Å². The number of nitrogen functional groups attached to an aromatic ring is 1. The first-order chi connectivity index (χ1) is 29.9. The molecule has 0 bridgehead atoms. The molecule has 2 aliphatic heterocycles. The summed E-state index contributed by atoms with van der Waals surface area (Å²) in [5.41, 5.74) is 6.43. The minimum atomic E-state index is -1.35. The maximum absolute atomic E-state index is 14.3. The van der Waals surface area contributed by atoms with Crippen molar-refractivity contribution in [2.24, 2.45) is 5.16 Å². The molecule has 2 atom stereocenters. The fourth-order valence-corrected chi connectivity index (χ4v) is 10.6. The Bertz CT molecular complexity index is 2390. The molecule has 62 heavy (non-hydrogen) atoms. The second-order valence-corrected chi connectivity index (χ2v) is 18.9. The van der Waals surface area contributed by atoms with Gasteiger partial charge in [-0.25, -0.2) is 9.59 Å². The number of aromatic nitrogens is 3. The van der Waals surface area contributed by atoms with Crippen LogP contribution >= 0.6 is 46.8 Å². The largest absolute Gasteiger partial charge is 0.477 e. The number of carboxylic acid groups (broad SMARTS) is 1. The van der Waals surface area contributed by atoms with E-state index in [1.807, 2.05) is 97.1 Å². The molecule has 320 valence electrons. The van der Waals surface area contributed by atoms with Crippen LogP contribution in [0, 0.1) is 0 Å². The van der Waals surface area contributed by atoms with Crippen LogP contribution in [0.4, 0.5) is 9.93 Å². The number of nitrogens with one attached hydrogen (secondary N) is 2. The zero-order valence-corrected chi connectivity index (χ0v) is 37.0. The van der Waals surface area contributed by atoms with E-state index in [0.29, 0.717) is 23.0 Å². The Morgan fingerprint density at radius 3 is 2.15 bits per heavy atom. The number of anilines is 1. The van der Waals surface area contributed by atoms with Crippen LogP contribution in [0.15, 0.2) is 130 Å². The Morgan fingerprint density at radius 1 is 0.952 bits per heavy atom. The van der Waals surface area contributed by atoms with Gasteiger partial charge in [-0.1, -0.05) is 108 Å². The molecule has 3 amide bonds. The number of carbonyl (C=O) groups is 4. The number of carboxylic acids is 1. The predicted molar refractivity (Wildman–Crippen MR) is 241 cm³/mol. The summed E-state index contributed by atoms with van der Waals surface area (Å²) in [7, 11) is 0. The van der Waals surface area contributed by atoms with Crippen LogP contribution in [-0.4, -0.2) is 89.0 Å². The number of oxime groups is 1. The summed E-state index contributed by atoms with van der Waals surface area (Å²) in [6, 6.07) is 30.9. The van der Waals surface area contributed by atoms with E-state index < -0.39 is 46.5 Å². The highest BCUT2D eigenvalue weighted by Crippen LogP contribution is 2.46. The average Bonchev–Trinajstić information content (AvgIpc) is 3.70. The monoisotopic (exact) mass is 910 g/mol. The van der Waals surface area contributed by atoms with Gasteiger partial charge >= 0.3 is 12.1 Å². The molecule has 0 aliphatic carbocycles. The second-order valence-electron chi connectivity index (χ2n) is 14.7. The van der Waals surface area contributed by atoms with Crippen molar-refractivity contribution in [2.75, 3.05) is 23.8 Å². The number of aliphatic carboxylic acids is 1. The zero-order valence-electron chi connectivity index (χ0n) is 33.7. The second kappa shape index (κ2) is 19.4. The van der Waals surface area contributed by atoms with Crippen molar-refractivity contribution in [3.8, 4) is 0 Å². The van der Waals surface area contributed by atoms with Crippen molar-refractivity contribution in [3.63, 3.8) is 0 Å². The van der Waals surface area contributed by atoms with Crippen LogP contribution in [-0.2, 0) is 35.3 Å². The number of hydrogen-bond acceptors (Lipinski definition) is 15. The molecule has 0 spiro atoms. The normalized spacial score (nSPS) is 16.5. The Morgan fingerprint density at radius 2 is 1.58 bits per heavy atom. The van der Waals surface area contributed by atoms with Gasteiger partial charge in [0, 0.05) is 68.0 Å². The molecule has 3 aromatic carbocycles. The lowest BCUT2D eigenvalue weighted by Crippen LogP contribution is -2.71. The van der Waals surface area contributed by atoms with Crippen LogP contribution in [0.1, 0.15) is 49.0 Å². The highest BCUT2D eigenvalue weighted by atomic mass is 32.2. The third-order valence-corrected chi connectivity index (χ3v) is 13.5. The molecule has 2 aromatic heterocycles. The fourth-order valence-electron chi connectivity index (χ4n) is 6.65. The highest BCUT2D eigenvalue weighted by molar-refractivity contribution is 8.06. The number of rotatable bonds is 16. The molecule has 0 radical (unpaired) electrons. The summed E-state index contributed by atoms with van der Waals surface area (Å²) >= 11 is 4.97. The van der Waals surface area contributed by atoms with Gasteiger partial charge in [-0.05, 0) is 32.9 Å². The molecule has 1 fully saturated rings.